The van der Waals surface area contributed by atoms with Crippen molar-refractivity contribution in [2.45, 2.75) is 38.0 Å². The Morgan fingerprint density at radius 1 is 0.967 bits per heavy atom. The quantitative estimate of drug-likeness (QED) is 0.746. The lowest BCUT2D eigenvalue weighted by molar-refractivity contribution is -0.143. The number of ketones is 1. The van der Waals surface area contributed by atoms with Crippen LogP contribution in [0.25, 0.3) is 0 Å². The lowest BCUT2D eigenvalue weighted by Gasteiger charge is -2.43. The number of hydrazine groups is 1. The van der Waals surface area contributed by atoms with Gasteiger partial charge in [-0.3, -0.25) is 9.59 Å². The van der Waals surface area contributed by atoms with Gasteiger partial charge in [0.25, 0.3) is 0 Å². The summed E-state index contributed by atoms with van der Waals surface area (Å²) in [7, 11) is 3.71. The standard InChI is InChI=1S/C25H28N2O3/c1-4-30-23-13-9-8-12-19(23)20-16-24(29)27(26(2)3)21-14-18(15-22(28)25(20)21)17-10-6-5-7-11-17/h5-13,18,20H,4,14-16H2,1-3H3/t18-,20-/m0/s1. The molecule has 0 unspecified atom stereocenters. The van der Waals surface area contributed by atoms with Gasteiger partial charge in [0.2, 0.25) is 5.91 Å². The number of carbonyl (C=O) groups is 2. The van der Waals surface area contributed by atoms with E-state index in [0.29, 0.717) is 19.4 Å². The molecule has 1 amide bonds. The first-order chi connectivity index (χ1) is 14.5. The van der Waals surface area contributed by atoms with Gasteiger partial charge in [-0.1, -0.05) is 48.5 Å². The van der Waals surface area contributed by atoms with E-state index >= 15 is 0 Å². The van der Waals surface area contributed by atoms with Gasteiger partial charge in [-0.2, -0.15) is 0 Å². The SMILES string of the molecule is CCOc1ccccc1[C@@H]1CC(=O)N(N(C)C)C2=C1C(=O)C[C@@H](c1ccccc1)C2. The molecule has 5 heteroatoms. The predicted octanol–water partition coefficient (Wildman–Crippen LogP) is 4.28. The molecule has 4 rings (SSSR count). The Hall–Kier alpha value is -2.92. The van der Waals surface area contributed by atoms with Crippen molar-refractivity contribution < 1.29 is 14.3 Å². The van der Waals surface area contributed by atoms with E-state index in [1.807, 2.05) is 63.5 Å². The number of hydrogen-bond acceptors (Lipinski definition) is 4. The second kappa shape index (κ2) is 8.44. The highest BCUT2D eigenvalue weighted by Crippen LogP contribution is 2.47. The van der Waals surface area contributed by atoms with Gasteiger partial charge in [0, 0.05) is 49.7 Å². The second-order valence-corrected chi connectivity index (χ2v) is 8.08. The first-order valence-electron chi connectivity index (χ1n) is 10.5. The van der Waals surface area contributed by atoms with Crippen molar-refractivity contribution in [3.8, 4) is 5.75 Å². The van der Waals surface area contributed by atoms with Gasteiger partial charge >= 0.3 is 0 Å². The van der Waals surface area contributed by atoms with Crippen molar-refractivity contribution >= 4 is 11.7 Å². The highest BCUT2D eigenvalue weighted by Gasteiger charge is 2.43. The summed E-state index contributed by atoms with van der Waals surface area (Å²) in [5, 5.41) is 3.49. The van der Waals surface area contributed by atoms with Crippen LogP contribution < -0.4 is 4.74 Å². The van der Waals surface area contributed by atoms with Gasteiger partial charge in [0.1, 0.15) is 5.75 Å². The van der Waals surface area contributed by atoms with Crippen LogP contribution in [-0.4, -0.2) is 42.4 Å². The molecule has 2 aliphatic rings. The molecule has 2 aromatic carbocycles. The zero-order chi connectivity index (χ0) is 21.3. The molecule has 5 nitrogen and oxygen atoms in total. The molecule has 0 fully saturated rings. The van der Waals surface area contributed by atoms with E-state index in [1.165, 1.54) is 0 Å². The third-order valence-electron chi connectivity index (χ3n) is 5.97. The predicted molar refractivity (Wildman–Crippen MR) is 116 cm³/mol. The molecule has 0 aromatic heterocycles. The number of nitrogens with zero attached hydrogens (tertiary/aromatic N) is 2. The summed E-state index contributed by atoms with van der Waals surface area (Å²) in [5.74, 6) is 0.697. The van der Waals surface area contributed by atoms with E-state index in [0.717, 1.165) is 28.1 Å². The lowest BCUT2D eigenvalue weighted by atomic mass is 9.73. The zero-order valence-corrected chi connectivity index (χ0v) is 17.8. The van der Waals surface area contributed by atoms with Crippen LogP contribution in [-0.2, 0) is 9.59 Å². The topological polar surface area (TPSA) is 49.9 Å². The van der Waals surface area contributed by atoms with Crippen LogP contribution in [0.2, 0.25) is 0 Å². The maximum absolute atomic E-state index is 13.5. The van der Waals surface area contributed by atoms with Crippen molar-refractivity contribution in [2.24, 2.45) is 0 Å². The number of carbonyl (C=O) groups excluding carboxylic acids is 2. The van der Waals surface area contributed by atoms with E-state index in [1.54, 1.807) is 10.0 Å². The highest BCUT2D eigenvalue weighted by molar-refractivity contribution is 6.02. The molecular weight excluding hydrogens is 376 g/mol. The molecule has 156 valence electrons. The lowest BCUT2D eigenvalue weighted by Crippen LogP contribution is -2.48. The molecule has 0 saturated heterocycles. The van der Waals surface area contributed by atoms with Gasteiger partial charge in [0.05, 0.1) is 6.61 Å². The molecule has 2 aromatic rings. The van der Waals surface area contributed by atoms with Crippen LogP contribution in [0.4, 0.5) is 0 Å². The maximum atomic E-state index is 13.5. The van der Waals surface area contributed by atoms with Crippen LogP contribution in [0.5, 0.6) is 5.75 Å². The Kier molecular flexibility index (Phi) is 5.73. The molecule has 0 N–H and O–H groups in total. The molecule has 0 radical (unpaired) electrons. The van der Waals surface area contributed by atoms with Crippen LogP contribution in [0.1, 0.15) is 49.1 Å². The molecular formula is C25H28N2O3. The second-order valence-electron chi connectivity index (χ2n) is 8.08. The van der Waals surface area contributed by atoms with Crippen LogP contribution in [0, 0.1) is 0 Å². The molecule has 0 bridgehead atoms. The highest BCUT2D eigenvalue weighted by atomic mass is 16.5. The summed E-state index contributed by atoms with van der Waals surface area (Å²) in [4.78, 5) is 26.7. The average molecular weight is 405 g/mol. The summed E-state index contributed by atoms with van der Waals surface area (Å²) < 4.78 is 5.84. The summed E-state index contributed by atoms with van der Waals surface area (Å²) in [6.07, 6.45) is 1.40. The Labute approximate surface area is 177 Å². The largest absolute Gasteiger partial charge is 0.494 e. The molecule has 30 heavy (non-hydrogen) atoms. The molecule has 0 saturated carbocycles. The first kappa shape index (κ1) is 20.4. The zero-order valence-electron chi connectivity index (χ0n) is 17.8. The van der Waals surface area contributed by atoms with Gasteiger partial charge in [-0.15, -0.1) is 0 Å². The first-order valence-corrected chi connectivity index (χ1v) is 10.5. The number of amides is 1. The number of rotatable bonds is 5. The number of benzene rings is 2. The van der Waals surface area contributed by atoms with Crippen molar-refractivity contribution in [1.29, 1.82) is 0 Å². The van der Waals surface area contributed by atoms with E-state index in [9.17, 15) is 9.59 Å². The molecule has 1 heterocycles. The van der Waals surface area contributed by atoms with E-state index < -0.39 is 0 Å². The number of hydrogen-bond donors (Lipinski definition) is 0. The molecule has 2 atom stereocenters. The number of allylic oxidation sites excluding steroid dienone is 2. The Morgan fingerprint density at radius 2 is 1.67 bits per heavy atom. The number of para-hydroxylation sites is 1. The monoisotopic (exact) mass is 404 g/mol. The fourth-order valence-electron chi connectivity index (χ4n) is 4.77. The van der Waals surface area contributed by atoms with E-state index in [-0.39, 0.29) is 29.9 Å². The third-order valence-corrected chi connectivity index (χ3v) is 5.97. The minimum absolute atomic E-state index is 0.0107. The van der Waals surface area contributed by atoms with Crippen molar-refractivity contribution in [2.75, 3.05) is 20.7 Å². The van der Waals surface area contributed by atoms with Gasteiger partial charge in [0.15, 0.2) is 5.78 Å². The fourth-order valence-corrected chi connectivity index (χ4v) is 4.77. The Bertz CT molecular complexity index is 981. The van der Waals surface area contributed by atoms with Crippen LogP contribution in [0.3, 0.4) is 0 Å². The third kappa shape index (κ3) is 3.65. The van der Waals surface area contributed by atoms with Crippen LogP contribution >= 0.6 is 0 Å². The summed E-state index contributed by atoms with van der Waals surface area (Å²) in [6.45, 7) is 2.48. The van der Waals surface area contributed by atoms with E-state index in [2.05, 4.69) is 12.1 Å². The number of ether oxygens (including phenoxy) is 1. The summed E-state index contributed by atoms with van der Waals surface area (Å²) in [6, 6.07) is 17.9. The summed E-state index contributed by atoms with van der Waals surface area (Å²) in [5.41, 5.74) is 3.66. The van der Waals surface area contributed by atoms with Gasteiger partial charge in [-0.25, -0.2) is 10.0 Å². The van der Waals surface area contributed by atoms with Crippen molar-refractivity contribution in [3.63, 3.8) is 0 Å². The van der Waals surface area contributed by atoms with Gasteiger partial charge < -0.3 is 4.74 Å². The molecule has 1 aliphatic carbocycles. The summed E-state index contributed by atoms with van der Waals surface area (Å²) >= 11 is 0. The van der Waals surface area contributed by atoms with Crippen molar-refractivity contribution in [1.82, 2.24) is 10.0 Å². The van der Waals surface area contributed by atoms with E-state index in [4.69, 9.17) is 4.74 Å². The maximum Gasteiger partial charge on any atom is 0.242 e. The average Bonchev–Trinajstić information content (AvgIpc) is 2.74. The van der Waals surface area contributed by atoms with Crippen molar-refractivity contribution in [3.05, 3.63) is 77.0 Å². The van der Waals surface area contributed by atoms with Gasteiger partial charge in [-0.05, 0) is 30.9 Å². The Morgan fingerprint density at radius 3 is 2.37 bits per heavy atom. The number of Topliss-reactive ketones (excluding diaryl/α,β-unsaturated/α-hetero) is 1. The minimum Gasteiger partial charge on any atom is -0.494 e. The minimum atomic E-state index is -0.268. The van der Waals surface area contributed by atoms with Crippen LogP contribution in [0.15, 0.2) is 65.9 Å². The Balaban J connectivity index is 1.83. The fraction of sp³-hybridized carbons (Fsp3) is 0.360. The molecule has 0 spiro atoms. The normalized spacial score (nSPS) is 21.8. The smallest absolute Gasteiger partial charge is 0.242 e. The molecule has 1 aliphatic heterocycles.